The second-order valence-electron chi connectivity index (χ2n) is 5.17. The Bertz CT molecular complexity index is 544. The second-order valence-corrected chi connectivity index (χ2v) is 5.17. The van der Waals surface area contributed by atoms with Crippen molar-refractivity contribution >= 4 is 17.6 Å². The number of benzene rings is 1. The van der Waals surface area contributed by atoms with Crippen molar-refractivity contribution in [1.82, 2.24) is 4.90 Å². The minimum atomic E-state index is -0.599. The highest BCUT2D eigenvalue weighted by molar-refractivity contribution is 6.04. The molecule has 1 heterocycles. The van der Waals surface area contributed by atoms with Crippen molar-refractivity contribution < 1.29 is 19.4 Å². The molecule has 6 nitrogen and oxygen atoms in total. The molecule has 0 radical (unpaired) electrons. The summed E-state index contributed by atoms with van der Waals surface area (Å²) in [4.78, 5) is 26.1. The number of para-hydroxylation sites is 1. The Kier molecular flexibility index (Phi) is 4.80. The molecule has 1 aromatic rings. The molecule has 1 fully saturated rings. The van der Waals surface area contributed by atoms with E-state index >= 15 is 0 Å². The number of hydrogen-bond donors (Lipinski definition) is 2. The van der Waals surface area contributed by atoms with Crippen molar-refractivity contribution in [3.63, 3.8) is 0 Å². The van der Waals surface area contributed by atoms with Crippen LogP contribution in [0.3, 0.4) is 0 Å². The first kappa shape index (κ1) is 15.3. The normalized spacial score (nSPS) is 19.0. The number of amides is 1. The maximum atomic E-state index is 12.4. The van der Waals surface area contributed by atoms with Crippen molar-refractivity contribution in [2.45, 2.75) is 25.3 Å². The molecule has 1 aliphatic rings. The predicted molar refractivity (Wildman–Crippen MR) is 78.3 cm³/mol. The Morgan fingerprint density at radius 1 is 1.38 bits per heavy atom. The van der Waals surface area contributed by atoms with Gasteiger partial charge in [0.1, 0.15) is 5.75 Å². The minimum absolute atomic E-state index is 0.105. The number of carbonyl (C=O) groups excluding carboxylic acids is 2. The van der Waals surface area contributed by atoms with Crippen LogP contribution >= 0.6 is 0 Å². The average molecular weight is 292 g/mol. The summed E-state index contributed by atoms with van der Waals surface area (Å²) in [7, 11) is 3.16. The lowest BCUT2D eigenvalue weighted by atomic mass is 10.0. The molecular weight excluding hydrogens is 272 g/mol. The van der Waals surface area contributed by atoms with Gasteiger partial charge in [-0.05, 0) is 38.6 Å². The number of hydrogen-bond acceptors (Lipinski definition) is 5. The highest BCUT2D eigenvalue weighted by atomic mass is 16.5. The van der Waals surface area contributed by atoms with E-state index in [2.05, 4.69) is 10.1 Å². The van der Waals surface area contributed by atoms with Gasteiger partial charge in [-0.3, -0.25) is 9.69 Å². The molecule has 0 saturated carbocycles. The summed E-state index contributed by atoms with van der Waals surface area (Å²) in [6.45, 7) is 0.864. The van der Waals surface area contributed by atoms with Gasteiger partial charge in [-0.1, -0.05) is 12.5 Å². The van der Waals surface area contributed by atoms with Crippen molar-refractivity contribution in [3.05, 3.63) is 23.8 Å². The van der Waals surface area contributed by atoms with Crippen LogP contribution in [0.15, 0.2) is 18.2 Å². The van der Waals surface area contributed by atoms with Gasteiger partial charge < -0.3 is 15.2 Å². The Balaban J connectivity index is 2.22. The molecule has 0 aliphatic carbocycles. The van der Waals surface area contributed by atoms with Crippen LogP contribution in [-0.4, -0.2) is 48.6 Å². The highest BCUT2D eigenvalue weighted by Crippen LogP contribution is 2.28. The zero-order chi connectivity index (χ0) is 15.4. The first-order valence-electron chi connectivity index (χ1n) is 6.96. The molecule has 2 rings (SSSR count). The number of rotatable bonds is 3. The van der Waals surface area contributed by atoms with Gasteiger partial charge in [0.25, 0.3) is 0 Å². The fraction of sp³-hybridized carbons (Fsp3) is 0.467. The van der Waals surface area contributed by atoms with Crippen LogP contribution < -0.4 is 5.32 Å². The summed E-state index contributed by atoms with van der Waals surface area (Å²) in [5.74, 6) is -0.966. The van der Waals surface area contributed by atoms with Gasteiger partial charge in [-0.2, -0.15) is 0 Å². The smallest absolute Gasteiger partial charge is 0.340 e. The lowest BCUT2D eigenvalue weighted by molar-refractivity contribution is -0.121. The van der Waals surface area contributed by atoms with Crippen LogP contribution in [0.5, 0.6) is 5.75 Å². The van der Waals surface area contributed by atoms with Gasteiger partial charge in [-0.15, -0.1) is 0 Å². The predicted octanol–water partition coefficient (Wildman–Crippen LogP) is 1.60. The molecule has 114 valence electrons. The number of anilines is 1. The summed E-state index contributed by atoms with van der Waals surface area (Å²) >= 11 is 0. The number of carbonyl (C=O) groups is 2. The maximum Gasteiger partial charge on any atom is 0.340 e. The summed E-state index contributed by atoms with van der Waals surface area (Å²) < 4.78 is 4.67. The molecule has 2 N–H and O–H groups in total. The number of phenols is 1. The first-order valence-corrected chi connectivity index (χ1v) is 6.96. The van der Waals surface area contributed by atoms with E-state index in [4.69, 9.17) is 0 Å². The van der Waals surface area contributed by atoms with Crippen LogP contribution in [0.1, 0.15) is 29.6 Å². The molecule has 0 aromatic heterocycles. The number of nitrogens with zero attached hydrogens (tertiary/aromatic N) is 1. The van der Waals surface area contributed by atoms with Crippen LogP contribution in [0.4, 0.5) is 5.69 Å². The Labute approximate surface area is 123 Å². The highest BCUT2D eigenvalue weighted by Gasteiger charge is 2.27. The molecule has 1 aliphatic heterocycles. The SMILES string of the molecule is COC(=O)c1cccc(O)c1NC(=O)C1CCCCN1C. The topological polar surface area (TPSA) is 78.9 Å². The molecule has 0 spiro atoms. The quantitative estimate of drug-likeness (QED) is 0.653. The third-order valence-corrected chi connectivity index (χ3v) is 3.77. The standard InChI is InChI=1S/C15H20N2O4/c1-17-9-4-3-7-11(17)14(19)16-13-10(15(20)21-2)6-5-8-12(13)18/h5-6,8,11,18H,3-4,7,9H2,1-2H3,(H,16,19). The Morgan fingerprint density at radius 3 is 2.81 bits per heavy atom. The van der Waals surface area contributed by atoms with E-state index < -0.39 is 5.97 Å². The maximum absolute atomic E-state index is 12.4. The van der Waals surface area contributed by atoms with E-state index in [0.717, 1.165) is 25.8 Å². The van der Waals surface area contributed by atoms with Crippen LogP contribution in [-0.2, 0) is 9.53 Å². The lowest BCUT2D eigenvalue weighted by Gasteiger charge is -2.31. The summed E-state index contributed by atoms with van der Waals surface area (Å²) in [6.07, 6.45) is 2.83. The Hall–Kier alpha value is -2.08. The number of phenolic OH excluding ortho intramolecular Hbond substituents is 1. The molecule has 0 bridgehead atoms. The number of ether oxygens (including phenoxy) is 1. The third-order valence-electron chi connectivity index (χ3n) is 3.77. The number of aromatic hydroxyl groups is 1. The number of likely N-dealkylation sites (tertiary alicyclic amines) is 1. The zero-order valence-electron chi connectivity index (χ0n) is 12.3. The monoisotopic (exact) mass is 292 g/mol. The minimum Gasteiger partial charge on any atom is -0.506 e. The van der Waals surface area contributed by atoms with Gasteiger partial charge in [0.15, 0.2) is 0 Å². The van der Waals surface area contributed by atoms with Crippen LogP contribution in [0.2, 0.25) is 0 Å². The number of esters is 1. The molecule has 1 amide bonds. The number of piperidine rings is 1. The average Bonchev–Trinajstić information content (AvgIpc) is 2.48. The molecule has 1 atom stereocenters. The number of methoxy groups -OCH3 is 1. The molecule has 21 heavy (non-hydrogen) atoms. The van der Waals surface area contributed by atoms with E-state index in [1.165, 1.54) is 25.3 Å². The van der Waals surface area contributed by atoms with Crippen molar-refractivity contribution in [1.29, 1.82) is 0 Å². The van der Waals surface area contributed by atoms with Gasteiger partial charge >= 0.3 is 5.97 Å². The van der Waals surface area contributed by atoms with Crippen LogP contribution in [0.25, 0.3) is 0 Å². The van der Waals surface area contributed by atoms with E-state index in [9.17, 15) is 14.7 Å². The fourth-order valence-corrected chi connectivity index (χ4v) is 2.56. The van der Waals surface area contributed by atoms with Crippen molar-refractivity contribution in [2.24, 2.45) is 0 Å². The first-order chi connectivity index (χ1) is 10.0. The van der Waals surface area contributed by atoms with Gasteiger partial charge in [0, 0.05) is 0 Å². The molecule has 6 heteroatoms. The largest absolute Gasteiger partial charge is 0.506 e. The van der Waals surface area contributed by atoms with E-state index in [-0.39, 0.29) is 28.9 Å². The molecule has 1 unspecified atom stereocenters. The van der Waals surface area contributed by atoms with E-state index in [1.807, 2.05) is 11.9 Å². The van der Waals surface area contributed by atoms with Gasteiger partial charge in [0.05, 0.1) is 24.4 Å². The zero-order valence-corrected chi connectivity index (χ0v) is 12.3. The molecule has 1 aromatic carbocycles. The number of likely N-dealkylation sites (N-methyl/N-ethyl adjacent to an activating group) is 1. The molecule has 1 saturated heterocycles. The van der Waals surface area contributed by atoms with Crippen molar-refractivity contribution in [3.8, 4) is 5.75 Å². The van der Waals surface area contributed by atoms with Crippen LogP contribution in [0, 0.1) is 0 Å². The molecular formula is C15H20N2O4. The lowest BCUT2D eigenvalue weighted by Crippen LogP contribution is -2.44. The van der Waals surface area contributed by atoms with E-state index in [0.29, 0.717) is 0 Å². The summed E-state index contributed by atoms with van der Waals surface area (Å²) in [5.41, 5.74) is 0.248. The third kappa shape index (κ3) is 3.33. The number of nitrogens with one attached hydrogen (secondary N) is 1. The summed E-state index contributed by atoms with van der Waals surface area (Å²) in [6, 6.07) is 4.21. The Morgan fingerprint density at radius 2 is 2.14 bits per heavy atom. The van der Waals surface area contributed by atoms with Crippen molar-refractivity contribution in [2.75, 3.05) is 26.0 Å². The fourth-order valence-electron chi connectivity index (χ4n) is 2.56. The summed E-state index contributed by atoms with van der Waals surface area (Å²) in [5, 5.41) is 12.6. The van der Waals surface area contributed by atoms with Gasteiger partial charge in [-0.25, -0.2) is 4.79 Å². The second kappa shape index (κ2) is 6.58. The van der Waals surface area contributed by atoms with E-state index in [1.54, 1.807) is 0 Å². The van der Waals surface area contributed by atoms with Gasteiger partial charge in [0.2, 0.25) is 5.91 Å².